The van der Waals surface area contributed by atoms with Crippen molar-refractivity contribution in [3.63, 3.8) is 0 Å². The van der Waals surface area contributed by atoms with E-state index in [1.807, 2.05) is 66.7 Å². The number of fused-ring (bicyclic) bond motifs is 1. The van der Waals surface area contributed by atoms with Gasteiger partial charge in [0.1, 0.15) is 0 Å². The molecule has 0 radical (unpaired) electrons. The summed E-state index contributed by atoms with van der Waals surface area (Å²) in [7, 11) is 0. The first-order chi connectivity index (χ1) is 15.5. The molecule has 0 fully saturated rings. The molecule has 0 saturated heterocycles. The molecule has 0 spiro atoms. The molecule has 0 atom stereocenters. The molecule has 32 heavy (non-hydrogen) atoms. The molecule has 1 amide bonds. The van der Waals surface area contributed by atoms with E-state index in [2.05, 4.69) is 15.1 Å². The highest BCUT2D eigenvalue weighted by Crippen LogP contribution is 2.25. The van der Waals surface area contributed by atoms with Crippen LogP contribution in [0.2, 0.25) is 10.0 Å². The average Bonchev–Trinajstić information content (AvgIpc) is 3.15. The first-order valence-corrected chi connectivity index (χ1v) is 11.7. The second-order valence-electron chi connectivity index (χ2n) is 7.10. The Morgan fingerprint density at radius 3 is 2.53 bits per heavy atom. The number of rotatable bonds is 7. The molecular weight excluding hydrogens is 463 g/mol. The Balaban J connectivity index is 1.48. The van der Waals surface area contributed by atoms with Crippen LogP contribution in [0.5, 0.6) is 0 Å². The summed E-state index contributed by atoms with van der Waals surface area (Å²) in [4.78, 5) is 17.2. The molecule has 1 heterocycles. The highest BCUT2D eigenvalue weighted by molar-refractivity contribution is 7.99. The predicted molar refractivity (Wildman–Crippen MR) is 133 cm³/mol. The minimum atomic E-state index is -0.216. The van der Waals surface area contributed by atoms with E-state index in [-0.39, 0.29) is 11.7 Å². The van der Waals surface area contributed by atoms with Crippen LogP contribution in [0.1, 0.15) is 18.1 Å². The van der Waals surface area contributed by atoms with Crippen molar-refractivity contribution < 1.29 is 4.79 Å². The summed E-state index contributed by atoms with van der Waals surface area (Å²) in [5.41, 5.74) is 7.03. The van der Waals surface area contributed by atoms with Crippen molar-refractivity contribution in [2.45, 2.75) is 18.6 Å². The van der Waals surface area contributed by atoms with E-state index in [0.29, 0.717) is 22.3 Å². The summed E-state index contributed by atoms with van der Waals surface area (Å²) >= 11 is 13.6. The number of carbonyl (C=O) groups is 1. The number of thioether (sulfide) groups is 1. The molecule has 0 aliphatic rings. The van der Waals surface area contributed by atoms with Gasteiger partial charge in [-0.1, -0.05) is 77.4 Å². The number of benzene rings is 3. The molecule has 4 aromatic rings. The molecule has 0 saturated carbocycles. The van der Waals surface area contributed by atoms with Crippen LogP contribution in [0.25, 0.3) is 11.0 Å². The lowest BCUT2D eigenvalue weighted by Crippen LogP contribution is -2.21. The highest BCUT2D eigenvalue weighted by Gasteiger charge is 2.13. The number of hydrazone groups is 1. The fourth-order valence-electron chi connectivity index (χ4n) is 3.21. The summed E-state index contributed by atoms with van der Waals surface area (Å²) in [5, 5.41) is 6.24. The van der Waals surface area contributed by atoms with Gasteiger partial charge >= 0.3 is 0 Å². The Morgan fingerprint density at radius 2 is 1.75 bits per heavy atom. The van der Waals surface area contributed by atoms with Crippen molar-refractivity contribution in [2.75, 3.05) is 5.75 Å². The van der Waals surface area contributed by atoms with Crippen LogP contribution < -0.4 is 5.43 Å². The number of imidazole rings is 1. The van der Waals surface area contributed by atoms with Crippen LogP contribution in [-0.4, -0.2) is 26.9 Å². The summed E-state index contributed by atoms with van der Waals surface area (Å²) in [5.74, 6) is -0.0324. The number of halogens is 2. The van der Waals surface area contributed by atoms with Crippen molar-refractivity contribution >= 4 is 57.6 Å². The summed E-state index contributed by atoms with van der Waals surface area (Å²) in [6, 6.07) is 23.0. The Labute approximate surface area is 200 Å². The summed E-state index contributed by atoms with van der Waals surface area (Å²) in [6.07, 6.45) is 0. The van der Waals surface area contributed by atoms with E-state index in [1.165, 1.54) is 11.8 Å². The maximum atomic E-state index is 12.4. The minimum absolute atomic E-state index is 0.184. The molecule has 4 rings (SSSR count). The van der Waals surface area contributed by atoms with Crippen molar-refractivity contribution in [3.05, 3.63) is 94.0 Å². The van der Waals surface area contributed by atoms with Crippen molar-refractivity contribution in [2.24, 2.45) is 5.10 Å². The third-order valence-corrected chi connectivity index (χ3v) is 6.38. The van der Waals surface area contributed by atoms with Gasteiger partial charge in [0.2, 0.25) is 0 Å². The molecule has 0 aliphatic heterocycles. The van der Waals surface area contributed by atoms with E-state index in [0.717, 1.165) is 27.3 Å². The van der Waals surface area contributed by atoms with Crippen molar-refractivity contribution in [1.82, 2.24) is 15.0 Å². The number of amides is 1. The van der Waals surface area contributed by atoms with E-state index in [4.69, 9.17) is 28.2 Å². The smallest absolute Gasteiger partial charge is 0.250 e. The van der Waals surface area contributed by atoms with Crippen LogP contribution in [0.3, 0.4) is 0 Å². The maximum Gasteiger partial charge on any atom is 0.250 e. The Bertz CT molecular complexity index is 1280. The van der Waals surface area contributed by atoms with Crippen molar-refractivity contribution in [3.8, 4) is 0 Å². The van der Waals surface area contributed by atoms with E-state index in [9.17, 15) is 4.79 Å². The van der Waals surface area contributed by atoms with Crippen LogP contribution >= 0.6 is 35.0 Å². The van der Waals surface area contributed by atoms with Gasteiger partial charge in [0, 0.05) is 15.6 Å². The molecule has 1 N–H and O–H groups in total. The Kier molecular flexibility index (Phi) is 7.15. The fraction of sp³-hybridized carbons (Fsp3) is 0.125. The molecule has 5 nitrogen and oxygen atoms in total. The van der Waals surface area contributed by atoms with Crippen LogP contribution in [-0.2, 0) is 11.3 Å². The average molecular weight is 483 g/mol. The molecule has 0 aliphatic carbocycles. The number of nitrogens with zero attached hydrogens (tertiary/aromatic N) is 3. The monoisotopic (exact) mass is 482 g/mol. The predicted octanol–water partition coefficient (Wildman–Crippen LogP) is 6.02. The van der Waals surface area contributed by atoms with Gasteiger partial charge in [-0.3, -0.25) is 4.79 Å². The van der Waals surface area contributed by atoms with Crippen LogP contribution in [0.4, 0.5) is 0 Å². The number of para-hydroxylation sites is 2. The number of hydrogen-bond donors (Lipinski definition) is 1. The zero-order valence-corrected chi connectivity index (χ0v) is 19.6. The summed E-state index contributed by atoms with van der Waals surface area (Å²) in [6.45, 7) is 2.44. The zero-order valence-electron chi connectivity index (χ0n) is 17.3. The number of nitrogens with one attached hydrogen (secondary N) is 1. The van der Waals surface area contributed by atoms with Crippen molar-refractivity contribution in [1.29, 1.82) is 0 Å². The molecule has 0 bridgehead atoms. The fourth-order valence-corrected chi connectivity index (χ4v) is 4.42. The van der Waals surface area contributed by atoms with Gasteiger partial charge in [-0.25, -0.2) is 10.4 Å². The lowest BCUT2D eigenvalue weighted by Gasteiger charge is -2.09. The second-order valence-corrected chi connectivity index (χ2v) is 8.88. The first kappa shape index (κ1) is 22.4. The van der Waals surface area contributed by atoms with Gasteiger partial charge in [0.15, 0.2) is 5.16 Å². The third kappa shape index (κ3) is 5.33. The first-order valence-electron chi connectivity index (χ1n) is 9.92. The number of hydrogen-bond acceptors (Lipinski definition) is 4. The van der Waals surface area contributed by atoms with Crippen LogP contribution in [0, 0.1) is 0 Å². The molecule has 1 aromatic heterocycles. The third-order valence-electron chi connectivity index (χ3n) is 4.82. The topological polar surface area (TPSA) is 59.3 Å². The Morgan fingerprint density at radius 1 is 1.03 bits per heavy atom. The molecule has 3 aromatic carbocycles. The lowest BCUT2D eigenvalue weighted by atomic mass is 10.1. The maximum absolute atomic E-state index is 12.4. The zero-order chi connectivity index (χ0) is 22.5. The number of aromatic nitrogens is 2. The normalized spacial score (nSPS) is 11.7. The quantitative estimate of drug-likeness (QED) is 0.199. The molecule has 8 heteroatoms. The molecular formula is C24H20Cl2N4OS. The number of carbonyl (C=O) groups excluding carboxylic acids is 1. The van der Waals surface area contributed by atoms with Gasteiger partial charge in [-0.05, 0) is 42.8 Å². The van der Waals surface area contributed by atoms with E-state index in [1.54, 1.807) is 13.0 Å². The Hall–Kier alpha value is -2.80. The highest BCUT2D eigenvalue weighted by atomic mass is 35.5. The van der Waals surface area contributed by atoms with E-state index < -0.39 is 0 Å². The van der Waals surface area contributed by atoms with Gasteiger partial charge in [-0.15, -0.1) is 0 Å². The van der Waals surface area contributed by atoms with Crippen LogP contribution in [0.15, 0.2) is 83.1 Å². The second kappa shape index (κ2) is 10.2. The SMILES string of the molecule is C/C(=N\NC(=O)CSc1nc2ccccc2n1Cc1ccc(Cl)cc1)c1ccccc1Cl. The van der Waals surface area contributed by atoms with Gasteiger partial charge in [0.05, 0.1) is 29.0 Å². The molecule has 162 valence electrons. The largest absolute Gasteiger partial charge is 0.314 e. The van der Waals surface area contributed by atoms with Gasteiger partial charge in [0.25, 0.3) is 5.91 Å². The van der Waals surface area contributed by atoms with Gasteiger partial charge < -0.3 is 4.57 Å². The lowest BCUT2D eigenvalue weighted by molar-refractivity contribution is -0.118. The summed E-state index contributed by atoms with van der Waals surface area (Å²) < 4.78 is 2.11. The minimum Gasteiger partial charge on any atom is -0.314 e. The molecule has 0 unspecified atom stereocenters. The van der Waals surface area contributed by atoms with E-state index >= 15 is 0 Å². The standard InChI is InChI=1S/C24H20Cl2N4OS/c1-16(19-6-2-3-7-20(19)26)28-29-23(31)15-32-24-27-21-8-4-5-9-22(21)30(24)14-17-10-12-18(25)13-11-17/h2-13H,14-15H2,1H3,(H,29,31)/b28-16+. The van der Waals surface area contributed by atoms with Gasteiger partial charge in [-0.2, -0.15) is 5.10 Å².